The number of ether oxygens (including phenoxy) is 3. The van der Waals surface area contributed by atoms with Crippen LogP contribution in [0, 0.1) is 5.41 Å². The van der Waals surface area contributed by atoms with E-state index in [1.54, 1.807) is 7.11 Å². The Hall–Kier alpha value is -0.490. The van der Waals surface area contributed by atoms with Crippen LogP contribution in [0.25, 0.3) is 0 Å². The lowest BCUT2D eigenvalue weighted by molar-refractivity contribution is -0.130. The van der Waals surface area contributed by atoms with Crippen molar-refractivity contribution in [3.05, 3.63) is 0 Å². The molecule has 6 atom stereocenters. The lowest BCUT2D eigenvalue weighted by atomic mass is 9.76. The molecule has 3 fully saturated rings. The maximum Gasteiger partial charge on any atom is 0.141 e. The van der Waals surface area contributed by atoms with Crippen molar-refractivity contribution >= 4 is 5.78 Å². The number of rotatable bonds is 5. The van der Waals surface area contributed by atoms with Gasteiger partial charge < -0.3 is 19.5 Å². The number of hydrogen-bond acceptors (Lipinski definition) is 5. The minimum Gasteiger partial charge on any atom is -0.379 e. The van der Waals surface area contributed by atoms with Crippen LogP contribution in [0.15, 0.2) is 0 Å². The number of hydrogen-bond donors (Lipinski definition) is 1. The first-order valence-corrected chi connectivity index (χ1v) is 8.64. The Morgan fingerprint density at radius 1 is 1.41 bits per heavy atom. The molecule has 3 aliphatic rings. The molecule has 0 radical (unpaired) electrons. The maximum absolute atomic E-state index is 12.6. The number of carbonyl (C=O) groups is 1. The Kier molecular flexibility index (Phi) is 4.88. The predicted octanol–water partition coefficient (Wildman–Crippen LogP) is 1.69. The quantitative estimate of drug-likeness (QED) is 0.837. The van der Waals surface area contributed by atoms with Crippen molar-refractivity contribution in [3.8, 4) is 0 Å². The van der Waals surface area contributed by atoms with Crippen molar-refractivity contribution < 1.29 is 19.0 Å². The van der Waals surface area contributed by atoms with E-state index in [9.17, 15) is 4.79 Å². The average molecular weight is 311 g/mol. The van der Waals surface area contributed by atoms with Gasteiger partial charge in [0.1, 0.15) is 5.78 Å². The molecule has 0 aromatic carbocycles. The van der Waals surface area contributed by atoms with Gasteiger partial charge in [-0.05, 0) is 32.6 Å². The molecule has 2 aliphatic heterocycles. The molecular formula is C17H29NO4. The van der Waals surface area contributed by atoms with Gasteiger partial charge in [-0.15, -0.1) is 0 Å². The molecule has 126 valence electrons. The highest BCUT2D eigenvalue weighted by atomic mass is 16.5. The van der Waals surface area contributed by atoms with E-state index in [1.165, 1.54) is 0 Å². The molecule has 5 heteroatoms. The van der Waals surface area contributed by atoms with Crippen LogP contribution in [0.1, 0.15) is 46.0 Å². The fourth-order valence-electron chi connectivity index (χ4n) is 4.70. The molecule has 3 rings (SSSR count). The second kappa shape index (κ2) is 6.56. The molecule has 6 unspecified atom stereocenters. The Bertz CT molecular complexity index is 415. The molecule has 1 N–H and O–H groups in total. The van der Waals surface area contributed by atoms with E-state index in [1.807, 2.05) is 6.92 Å². The summed E-state index contributed by atoms with van der Waals surface area (Å²) in [6.07, 6.45) is 4.69. The molecule has 2 saturated heterocycles. The van der Waals surface area contributed by atoms with Crippen molar-refractivity contribution in [1.29, 1.82) is 0 Å². The van der Waals surface area contributed by atoms with Crippen LogP contribution in [0.5, 0.6) is 0 Å². The van der Waals surface area contributed by atoms with Gasteiger partial charge in [0.05, 0.1) is 30.3 Å². The summed E-state index contributed by atoms with van der Waals surface area (Å²) in [7, 11) is 1.74. The number of fused-ring (bicyclic) bond motifs is 1. The minimum absolute atomic E-state index is 0.0910. The van der Waals surface area contributed by atoms with Gasteiger partial charge in [0.25, 0.3) is 0 Å². The van der Waals surface area contributed by atoms with Gasteiger partial charge >= 0.3 is 0 Å². The fourth-order valence-corrected chi connectivity index (χ4v) is 4.70. The predicted molar refractivity (Wildman–Crippen MR) is 82.9 cm³/mol. The molecule has 0 spiro atoms. The van der Waals surface area contributed by atoms with Crippen molar-refractivity contribution in [3.63, 3.8) is 0 Å². The summed E-state index contributed by atoms with van der Waals surface area (Å²) < 4.78 is 17.1. The first kappa shape index (κ1) is 16.4. The molecule has 0 aromatic rings. The zero-order valence-corrected chi connectivity index (χ0v) is 14.0. The van der Waals surface area contributed by atoms with Gasteiger partial charge in [-0.3, -0.25) is 4.79 Å². The number of nitrogens with one attached hydrogen (secondary N) is 1. The van der Waals surface area contributed by atoms with E-state index in [-0.39, 0.29) is 23.7 Å². The summed E-state index contributed by atoms with van der Waals surface area (Å²) in [6.45, 7) is 5.49. The monoisotopic (exact) mass is 311 g/mol. The van der Waals surface area contributed by atoms with Crippen LogP contribution >= 0.6 is 0 Å². The number of ketones is 1. The van der Waals surface area contributed by atoms with Gasteiger partial charge in [0.15, 0.2) is 0 Å². The second-order valence-electron chi connectivity index (χ2n) is 7.12. The highest BCUT2D eigenvalue weighted by Crippen LogP contribution is 2.51. The molecule has 2 heterocycles. The lowest BCUT2D eigenvalue weighted by Crippen LogP contribution is -2.51. The highest BCUT2D eigenvalue weighted by Gasteiger charge is 2.57. The first-order valence-electron chi connectivity index (χ1n) is 8.64. The van der Waals surface area contributed by atoms with Gasteiger partial charge in [0, 0.05) is 32.2 Å². The first-order chi connectivity index (χ1) is 10.6. The third kappa shape index (κ3) is 2.84. The van der Waals surface area contributed by atoms with Gasteiger partial charge in [-0.2, -0.15) is 0 Å². The van der Waals surface area contributed by atoms with Crippen LogP contribution in [-0.2, 0) is 19.0 Å². The normalized spacial score (nSPS) is 45.0. The van der Waals surface area contributed by atoms with Crippen molar-refractivity contribution in [2.24, 2.45) is 5.41 Å². The third-order valence-corrected chi connectivity index (χ3v) is 5.71. The number of methoxy groups -OCH3 is 1. The summed E-state index contributed by atoms with van der Waals surface area (Å²) in [4.78, 5) is 12.6. The molecule has 0 bridgehead atoms. The van der Waals surface area contributed by atoms with Gasteiger partial charge in [0.2, 0.25) is 0 Å². The Labute approximate surface area is 133 Å². The SMILES string of the molecule is CCC(=O)C12CC(NC3CCOCC3OC)CC1OC(C)C2. The van der Waals surface area contributed by atoms with E-state index in [0.29, 0.717) is 30.9 Å². The summed E-state index contributed by atoms with van der Waals surface area (Å²) in [5, 5.41) is 3.73. The summed E-state index contributed by atoms with van der Waals surface area (Å²) in [6, 6.07) is 0.655. The van der Waals surface area contributed by atoms with E-state index < -0.39 is 0 Å². The Morgan fingerprint density at radius 2 is 2.23 bits per heavy atom. The van der Waals surface area contributed by atoms with Crippen molar-refractivity contribution in [1.82, 2.24) is 5.32 Å². The summed E-state index contributed by atoms with van der Waals surface area (Å²) >= 11 is 0. The molecule has 1 saturated carbocycles. The van der Waals surface area contributed by atoms with Gasteiger partial charge in [-0.1, -0.05) is 6.92 Å². The van der Waals surface area contributed by atoms with E-state index in [2.05, 4.69) is 12.2 Å². The average Bonchev–Trinajstić information content (AvgIpc) is 2.99. The lowest BCUT2D eigenvalue weighted by Gasteiger charge is -2.34. The third-order valence-electron chi connectivity index (χ3n) is 5.71. The zero-order valence-electron chi connectivity index (χ0n) is 14.0. The molecule has 1 aliphatic carbocycles. The van der Waals surface area contributed by atoms with Crippen LogP contribution in [0.4, 0.5) is 0 Å². The van der Waals surface area contributed by atoms with Crippen molar-refractivity contribution in [2.45, 2.75) is 76.3 Å². The Balaban J connectivity index is 1.67. The molecule has 0 amide bonds. The fraction of sp³-hybridized carbons (Fsp3) is 0.941. The summed E-state index contributed by atoms with van der Waals surface area (Å²) in [5.41, 5.74) is -0.250. The zero-order chi connectivity index (χ0) is 15.7. The number of carbonyl (C=O) groups excluding carboxylic acids is 1. The maximum atomic E-state index is 12.6. The number of Topliss-reactive ketones (excluding diaryl/α,β-unsaturated/α-hetero) is 1. The van der Waals surface area contributed by atoms with Crippen LogP contribution in [0.2, 0.25) is 0 Å². The Morgan fingerprint density at radius 3 is 2.95 bits per heavy atom. The van der Waals surface area contributed by atoms with Gasteiger partial charge in [-0.25, -0.2) is 0 Å². The molecule has 22 heavy (non-hydrogen) atoms. The van der Waals surface area contributed by atoms with Crippen molar-refractivity contribution in [2.75, 3.05) is 20.3 Å². The van der Waals surface area contributed by atoms with E-state index in [4.69, 9.17) is 14.2 Å². The molecule has 5 nitrogen and oxygen atoms in total. The van der Waals surface area contributed by atoms with E-state index >= 15 is 0 Å². The minimum atomic E-state index is -0.250. The second-order valence-corrected chi connectivity index (χ2v) is 7.12. The van der Waals surface area contributed by atoms with Crippen LogP contribution in [-0.4, -0.2) is 56.5 Å². The van der Waals surface area contributed by atoms with Crippen LogP contribution < -0.4 is 5.32 Å². The topological polar surface area (TPSA) is 56.8 Å². The molecule has 0 aromatic heterocycles. The molecular weight excluding hydrogens is 282 g/mol. The highest BCUT2D eigenvalue weighted by molar-refractivity contribution is 5.86. The largest absolute Gasteiger partial charge is 0.379 e. The standard InChI is InChI=1S/C17H29NO4/c1-4-15(19)17-8-11(2)22-16(17)7-12(9-17)18-13-5-6-21-10-14(13)20-3/h11-14,16,18H,4-10H2,1-3H3. The smallest absolute Gasteiger partial charge is 0.141 e. The van der Waals surface area contributed by atoms with Crippen LogP contribution in [0.3, 0.4) is 0 Å². The summed E-state index contributed by atoms with van der Waals surface area (Å²) in [5.74, 6) is 0.376. The van der Waals surface area contributed by atoms with E-state index in [0.717, 1.165) is 32.3 Å².